The van der Waals surface area contributed by atoms with Crippen molar-refractivity contribution in [3.8, 4) is 5.88 Å². The van der Waals surface area contributed by atoms with Gasteiger partial charge in [-0.3, -0.25) is 0 Å². The summed E-state index contributed by atoms with van der Waals surface area (Å²) in [6, 6.07) is 5.65. The minimum absolute atomic E-state index is 0.520. The highest BCUT2D eigenvalue weighted by Gasteiger charge is 2.07. The second-order valence-corrected chi connectivity index (χ2v) is 3.25. The minimum Gasteiger partial charge on any atom is -0.478 e. The van der Waals surface area contributed by atoms with Crippen LogP contribution in [0, 0.1) is 0 Å². The molecule has 0 fully saturated rings. The number of ether oxygens (including phenoxy) is 1. The summed E-state index contributed by atoms with van der Waals surface area (Å²) in [7, 11) is 1.57. The van der Waals surface area contributed by atoms with Crippen LogP contribution in [0.2, 0.25) is 0 Å². The summed E-state index contributed by atoms with van der Waals surface area (Å²) in [6.45, 7) is 0. The summed E-state index contributed by atoms with van der Waals surface area (Å²) in [6.07, 6.45) is 0. The maximum Gasteiger partial charge on any atom is 0.261 e. The maximum absolute atomic E-state index is 5.00. The molecule has 2 aromatic rings. The van der Waals surface area contributed by atoms with Gasteiger partial charge >= 0.3 is 0 Å². The monoisotopic (exact) mass is 227 g/mol. The minimum atomic E-state index is 0.520. The average molecular weight is 228 g/mol. The zero-order valence-electron chi connectivity index (χ0n) is 6.37. The average Bonchev–Trinajstić information content (AvgIpc) is 2.46. The number of aromatic nitrogens is 1. The molecule has 0 radical (unpaired) electrons. The molecule has 2 rings (SSSR count). The van der Waals surface area contributed by atoms with Crippen LogP contribution in [-0.4, -0.2) is 12.3 Å². The van der Waals surface area contributed by atoms with E-state index in [1.807, 2.05) is 18.2 Å². The Morgan fingerprint density at radius 2 is 2.33 bits per heavy atom. The second-order valence-electron chi connectivity index (χ2n) is 2.33. The number of benzene rings is 1. The molecule has 0 bridgehead atoms. The molecule has 12 heavy (non-hydrogen) atoms. The van der Waals surface area contributed by atoms with Crippen molar-refractivity contribution >= 4 is 26.9 Å². The van der Waals surface area contributed by atoms with Crippen LogP contribution in [-0.2, 0) is 0 Å². The number of hydrogen-bond acceptors (Lipinski definition) is 3. The quantitative estimate of drug-likeness (QED) is 0.752. The van der Waals surface area contributed by atoms with Crippen LogP contribution in [0.1, 0.15) is 0 Å². The number of hydrogen-bond donors (Lipinski definition) is 0. The third kappa shape index (κ3) is 1.08. The normalized spacial score (nSPS) is 10.5. The summed E-state index contributed by atoms with van der Waals surface area (Å²) in [4.78, 5) is 0. The maximum atomic E-state index is 5.00. The van der Waals surface area contributed by atoms with Crippen molar-refractivity contribution < 1.29 is 9.26 Å². The van der Waals surface area contributed by atoms with Crippen LogP contribution < -0.4 is 4.74 Å². The smallest absolute Gasteiger partial charge is 0.261 e. The summed E-state index contributed by atoms with van der Waals surface area (Å²) in [5, 5.41) is 4.62. The summed E-state index contributed by atoms with van der Waals surface area (Å²) in [5.41, 5.74) is 0.732. The highest BCUT2D eigenvalue weighted by molar-refractivity contribution is 9.10. The fourth-order valence-electron chi connectivity index (χ4n) is 1.04. The van der Waals surface area contributed by atoms with Gasteiger partial charge in [-0.05, 0) is 23.4 Å². The van der Waals surface area contributed by atoms with Crippen molar-refractivity contribution in [2.24, 2.45) is 0 Å². The number of halogens is 1. The van der Waals surface area contributed by atoms with Gasteiger partial charge in [0.1, 0.15) is 0 Å². The molecule has 0 aliphatic heterocycles. The van der Waals surface area contributed by atoms with E-state index in [1.54, 1.807) is 7.11 Å². The Hall–Kier alpha value is -1.03. The van der Waals surface area contributed by atoms with Crippen LogP contribution in [0.5, 0.6) is 5.88 Å². The van der Waals surface area contributed by atoms with Gasteiger partial charge in [-0.25, -0.2) is 0 Å². The first-order chi connectivity index (χ1) is 5.81. The molecule has 0 aliphatic carbocycles. The van der Waals surface area contributed by atoms with Gasteiger partial charge in [0.05, 0.1) is 12.5 Å². The van der Waals surface area contributed by atoms with Crippen LogP contribution in [0.3, 0.4) is 0 Å². The molecular weight excluding hydrogens is 222 g/mol. The molecule has 1 heterocycles. The van der Waals surface area contributed by atoms with Gasteiger partial charge in [0.2, 0.25) is 0 Å². The van der Waals surface area contributed by atoms with Crippen LogP contribution in [0.4, 0.5) is 0 Å². The number of methoxy groups -OCH3 is 1. The molecule has 62 valence electrons. The topological polar surface area (TPSA) is 35.3 Å². The van der Waals surface area contributed by atoms with Crippen LogP contribution in [0.15, 0.2) is 27.2 Å². The lowest BCUT2D eigenvalue weighted by molar-refractivity contribution is 0.350. The molecule has 0 amide bonds. The molecule has 1 aromatic carbocycles. The van der Waals surface area contributed by atoms with Crippen LogP contribution in [0.25, 0.3) is 11.0 Å². The molecule has 0 unspecified atom stereocenters. The van der Waals surface area contributed by atoms with E-state index >= 15 is 0 Å². The third-order valence-corrected chi connectivity index (χ3v) is 2.09. The van der Waals surface area contributed by atoms with E-state index in [4.69, 9.17) is 9.26 Å². The Balaban J connectivity index is 2.75. The van der Waals surface area contributed by atoms with Gasteiger partial charge in [-0.1, -0.05) is 15.9 Å². The summed E-state index contributed by atoms with van der Waals surface area (Å²) in [5.74, 6) is 0.520. The first-order valence-electron chi connectivity index (χ1n) is 3.40. The fraction of sp³-hybridized carbons (Fsp3) is 0.125. The predicted octanol–water partition coefficient (Wildman–Crippen LogP) is 2.60. The molecule has 3 nitrogen and oxygen atoms in total. The lowest BCUT2D eigenvalue weighted by atomic mass is 10.3. The van der Waals surface area contributed by atoms with E-state index in [9.17, 15) is 0 Å². The Kier molecular flexibility index (Phi) is 1.77. The van der Waals surface area contributed by atoms with Gasteiger partial charge in [-0.2, -0.15) is 0 Å². The highest BCUT2D eigenvalue weighted by Crippen LogP contribution is 2.27. The van der Waals surface area contributed by atoms with E-state index in [0.717, 1.165) is 15.4 Å². The second kappa shape index (κ2) is 2.79. The molecule has 0 N–H and O–H groups in total. The molecule has 1 aromatic heterocycles. The van der Waals surface area contributed by atoms with Gasteiger partial charge in [0.25, 0.3) is 5.88 Å². The van der Waals surface area contributed by atoms with Crippen molar-refractivity contribution in [3.63, 3.8) is 0 Å². The zero-order chi connectivity index (χ0) is 8.55. The molecular formula is C8H6BrNO2. The first-order valence-corrected chi connectivity index (χ1v) is 4.19. The van der Waals surface area contributed by atoms with Gasteiger partial charge in [0, 0.05) is 4.47 Å². The standard InChI is InChI=1S/C8H6BrNO2/c1-11-8-6-4-5(9)2-3-7(6)12-10-8/h2-4H,1H3. The predicted molar refractivity (Wildman–Crippen MR) is 48.3 cm³/mol. The molecule has 0 spiro atoms. The molecule has 0 saturated heterocycles. The van der Waals surface area contributed by atoms with Crippen molar-refractivity contribution in [3.05, 3.63) is 22.7 Å². The Bertz CT molecular complexity index is 410. The number of nitrogens with zero attached hydrogens (tertiary/aromatic N) is 1. The molecule has 0 aliphatic rings. The molecule has 4 heteroatoms. The Morgan fingerprint density at radius 1 is 1.50 bits per heavy atom. The highest BCUT2D eigenvalue weighted by atomic mass is 79.9. The van der Waals surface area contributed by atoms with Crippen molar-refractivity contribution in [1.29, 1.82) is 0 Å². The van der Waals surface area contributed by atoms with E-state index in [2.05, 4.69) is 21.1 Å². The lowest BCUT2D eigenvalue weighted by Crippen LogP contribution is -1.81. The third-order valence-electron chi connectivity index (χ3n) is 1.59. The SMILES string of the molecule is COc1noc2ccc(Br)cc12. The Morgan fingerprint density at radius 3 is 3.08 bits per heavy atom. The molecule has 0 saturated carbocycles. The summed E-state index contributed by atoms with van der Waals surface area (Å²) < 4.78 is 11.0. The van der Waals surface area contributed by atoms with Crippen molar-refractivity contribution in [2.75, 3.05) is 7.11 Å². The summed E-state index contributed by atoms with van der Waals surface area (Å²) >= 11 is 3.36. The van der Waals surface area contributed by atoms with Crippen molar-refractivity contribution in [1.82, 2.24) is 5.16 Å². The van der Waals surface area contributed by atoms with E-state index < -0.39 is 0 Å². The number of rotatable bonds is 1. The zero-order valence-corrected chi connectivity index (χ0v) is 7.96. The largest absolute Gasteiger partial charge is 0.478 e. The van der Waals surface area contributed by atoms with Crippen molar-refractivity contribution in [2.45, 2.75) is 0 Å². The van der Waals surface area contributed by atoms with Gasteiger partial charge in [0.15, 0.2) is 5.58 Å². The van der Waals surface area contributed by atoms with E-state index in [0.29, 0.717) is 5.88 Å². The Labute approximate surface area is 77.4 Å². The fourth-order valence-corrected chi connectivity index (χ4v) is 1.40. The van der Waals surface area contributed by atoms with Gasteiger partial charge in [-0.15, -0.1) is 0 Å². The van der Waals surface area contributed by atoms with E-state index in [-0.39, 0.29) is 0 Å². The number of fused-ring (bicyclic) bond motifs is 1. The molecule has 0 atom stereocenters. The first kappa shape index (κ1) is 7.61. The van der Waals surface area contributed by atoms with E-state index in [1.165, 1.54) is 0 Å². The lowest BCUT2D eigenvalue weighted by Gasteiger charge is -1.91. The van der Waals surface area contributed by atoms with Crippen LogP contribution >= 0.6 is 15.9 Å². The van der Waals surface area contributed by atoms with Gasteiger partial charge < -0.3 is 9.26 Å².